The zero-order valence-corrected chi connectivity index (χ0v) is 16.3. The number of hydrogen-bond donors (Lipinski definition) is 1. The zero-order valence-electron chi connectivity index (χ0n) is 15.5. The van der Waals surface area contributed by atoms with E-state index in [1.807, 2.05) is 24.3 Å². The average Bonchev–Trinajstić information content (AvgIpc) is 3.11. The van der Waals surface area contributed by atoms with Crippen LogP contribution >= 0.6 is 0 Å². The van der Waals surface area contributed by atoms with Crippen molar-refractivity contribution in [2.75, 3.05) is 24.1 Å². The second-order valence-electron chi connectivity index (χ2n) is 7.01. The molecule has 2 aromatic carbocycles. The Morgan fingerprint density at radius 1 is 1.11 bits per heavy atom. The van der Waals surface area contributed by atoms with Gasteiger partial charge in [-0.15, -0.1) is 0 Å². The van der Waals surface area contributed by atoms with Crippen LogP contribution in [0.3, 0.4) is 0 Å². The first-order chi connectivity index (χ1) is 13.4. The van der Waals surface area contributed by atoms with E-state index in [-0.39, 0.29) is 11.8 Å². The topological polar surface area (TPSA) is 92.5 Å². The average molecular weight is 399 g/mol. The fourth-order valence-corrected chi connectivity index (χ4v) is 4.10. The second kappa shape index (κ2) is 7.27. The first-order valence-electron chi connectivity index (χ1n) is 9.12. The molecule has 1 saturated heterocycles. The zero-order chi connectivity index (χ0) is 19.7. The SMILES string of the molecule is CS(=O)(=O)Nc1ccccc1C(=O)N1CCC(c2nc3ccccc3o2)CC1. The number of nitrogens with zero attached hydrogens (tertiary/aromatic N) is 2. The molecule has 146 valence electrons. The molecule has 4 rings (SSSR count). The number of fused-ring (bicyclic) bond motifs is 1. The van der Waals surface area contributed by atoms with Gasteiger partial charge in [-0.2, -0.15) is 0 Å². The molecule has 0 aliphatic carbocycles. The van der Waals surface area contributed by atoms with Gasteiger partial charge in [-0.3, -0.25) is 9.52 Å². The predicted molar refractivity (Wildman–Crippen MR) is 107 cm³/mol. The smallest absolute Gasteiger partial charge is 0.255 e. The lowest BCUT2D eigenvalue weighted by Crippen LogP contribution is -2.38. The third kappa shape index (κ3) is 3.87. The molecule has 0 saturated carbocycles. The van der Waals surface area contributed by atoms with Gasteiger partial charge in [-0.05, 0) is 37.1 Å². The number of nitrogens with one attached hydrogen (secondary N) is 1. The van der Waals surface area contributed by atoms with E-state index in [2.05, 4.69) is 9.71 Å². The number of benzene rings is 2. The molecular weight excluding hydrogens is 378 g/mol. The monoisotopic (exact) mass is 399 g/mol. The molecule has 1 aliphatic rings. The molecule has 1 aromatic heterocycles. The molecule has 2 heterocycles. The summed E-state index contributed by atoms with van der Waals surface area (Å²) in [5.74, 6) is 0.705. The van der Waals surface area contributed by atoms with Gasteiger partial charge in [0.1, 0.15) is 5.52 Å². The number of aromatic nitrogens is 1. The lowest BCUT2D eigenvalue weighted by molar-refractivity contribution is 0.0708. The van der Waals surface area contributed by atoms with Crippen LogP contribution in [0.4, 0.5) is 5.69 Å². The number of piperidine rings is 1. The summed E-state index contributed by atoms with van der Waals surface area (Å²) in [7, 11) is -3.46. The summed E-state index contributed by atoms with van der Waals surface area (Å²) >= 11 is 0. The van der Waals surface area contributed by atoms with Crippen molar-refractivity contribution < 1.29 is 17.6 Å². The van der Waals surface area contributed by atoms with Crippen molar-refractivity contribution in [1.29, 1.82) is 0 Å². The largest absolute Gasteiger partial charge is 0.440 e. The Morgan fingerprint density at radius 2 is 1.79 bits per heavy atom. The van der Waals surface area contributed by atoms with Crippen LogP contribution in [0.5, 0.6) is 0 Å². The van der Waals surface area contributed by atoms with Crippen LogP contribution in [-0.2, 0) is 10.0 Å². The highest BCUT2D eigenvalue weighted by Gasteiger charge is 2.28. The summed E-state index contributed by atoms with van der Waals surface area (Å²) in [6.07, 6.45) is 2.57. The number of para-hydroxylation sites is 3. The van der Waals surface area contributed by atoms with Crippen LogP contribution in [0.25, 0.3) is 11.1 Å². The van der Waals surface area contributed by atoms with Gasteiger partial charge in [-0.25, -0.2) is 13.4 Å². The van der Waals surface area contributed by atoms with Crippen molar-refractivity contribution in [3.63, 3.8) is 0 Å². The summed E-state index contributed by atoms with van der Waals surface area (Å²) in [6.45, 7) is 1.13. The lowest BCUT2D eigenvalue weighted by atomic mass is 9.96. The van der Waals surface area contributed by atoms with E-state index in [1.54, 1.807) is 29.2 Å². The van der Waals surface area contributed by atoms with Gasteiger partial charge in [0.25, 0.3) is 5.91 Å². The Kier molecular flexibility index (Phi) is 4.80. The maximum atomic E-state index is 12.9. The fourth-order valence-electron chi connectivity index (χ4n) is 3.52. The molecule has 1 fully saturated rings. The predicted octanol–water partition coefficient (Wildman–Crippen LogP) is 3.22. The minimum absolute atomic E-state index is 0.167. The first-order valence-corrected chi connectivity index (χ1v) is 11.0. The van der Waals surface area contributed by atoms with E-state index in [4.69, 9.17) is 4.42 Å². The summed E-state index contributed by atoms with van der Waals surface area (Å²) in [5.41, 5.74) is 2.28. The van der Waals surface area contributed by atoms with E-state index in [9.17, 15) is 13.2 Å². The van der Waals surface area contributed by atoms with Crippen molar-refractivity contribution in [3.8, 4) is 0 Å². The number of amides is 1. The van der Waals surface area contributed by atoms with Crippen molar-refractivity contribution in [2.45, 2.75) is 18.8 Å². The van der Waals surface area contributed by atoms with Gasteiger partial charge < -0.3 is 9.32 Å². The molecule has 28 heavy (non-hydrogen) atoms. The minimum Gasteiger partial charge on any atom is -0.440 e. The van der Waals surface area contributed by atoms with Crippen LogP contribution in [-0.4, -0.2) is 43.6 Å². The van der Waals surface area contributed by atoms with Gasteiger partial charge >= 0.3 is 0 Å². The Balaban J connectivity index is 1.47. The Hall–Kier alpha value is -2.87. The Morgan fingerprint density at radius 3 is 2.50 bits per heavy atom. The number of anilines is 1. The van der Waals surface area contributed by atoms with E-state index in [0.29, 0.717) is 30.2 Å². The van der Waals surface area contributed by atoms with Gasteiger partial charge in [0.2, 0.25) is 10.0 Å². The third-order valence-corrected chi connectivity index (χ3v) is 5.49. The summed E-state index contributed by atoms with van der Waals surface area (Å²) in [6, 6.07) is 14.3. The summed E-state index contributed by atoms with van der Waals surface area (Å²) < 4.78 is 31.4. The number of oxazole rings is 1. The summed E-state index contributed by atoms with van der Waals surface area (Å²) in [5, 5.41) is 0. The van der Waals surface area contributed by atoms with Crippen LogP contribution in [0.1, 0.15) is 35.0 Å². The van der Waals surface area contributed by atoms with Crippen LogP contribution in [0.15, 0.2) is 52.9 Å². The van der Waals surface area contributed by atoms with E-state index >= 15 is 0 Å². The molecule has 1 aliphatic heterocycles. The van der Waals surface area contributed by atoms with Gasteiger partial charge in [0.05, 0.1) is 17.5 Å². The maximum Gasteiger partial charge on any atom is 0.255 e. The van der Waals surface area contributed by atoms with E-state index in [0.717, 1.165) is 30.2 Å². The number of rotatable bonds is 4. The standard InChI is InChI=1S/C20H21N3O4S/c1-28(25,26)22-16-7-3-2-6-15(16)20(24)23-12-10-14(11-13-23)19-21-17-8-4-5-9-18(17)27-19/h2-9,14,22H,10-13H2,1H3. The molecule has 0 atom stereocenters. The Labute approximate surface area is 163 Å². The minimum atomic E-state index is -3.46. The van der Waals surface area contributed by atoms with Crippen LogP contribution < -0.4 is 4.72 Å². The molecular formula is C20H21N3O4S. The summed E-state index contributed by atoms with van der Waals surface area (Å²) in [4.78, 5) is 19.3. The molecule has 8 heteroatoms. The fraction of sp³-hybridized carbons (Fsp3) is 0.300. The highest BCUT2D eigenvalue weighted by Crippen LogP contribution is 2.31. The normalized spacial score (nSPS) is 15.7. The highest BCUT2D eigenvalue weighted by molar-refractivity contribution is 7.92. The van der Waals surface area contributed by atoms with Crippen molar-refractivity contribution in [3.05, 3.63) is 60.0 Å². The van der Waals surface area contributed by atoms with Gasteiger partial charge in [0.15, 0.2) is 11.5 Å². The second-order valence-corrected chi connectivity index (χ2v) is 8.75. The molecule has 0 bridgehead atoms. The van der Waals surface area contributed by atoms with Gasteiger partial charge in [-0.1, -0.05) is 24.3 Å². The van der Waals surface area contributed by atoms with Crippen molar-refractivity contribution >= 4 is 32.7 Å². The molecule has 0 radical (unpaired) electrons. The van der Waals surface area contributed by atoms with E-state index < -0.39 is 10.0 Å². The maximum absolute atomic E-state index is 12.9. The molecule has 3 aromatic rings. The highest BCUT2D eigenvalue weighted by atomic mass is 32.2. The van der Waals surface area contributed by atoms with Crippen molar-refractivity contribution in [1.82, 2.24) is 9.88 Å². The third-order valence-electron chi connectivity index (χ3n) is 4.89. The first kappa shape index (κ1) is 18.5. The van der Waals surface area contributed by atoms with Crippen LogP contribution in [0, 0.1) is 0 Å². The quantitative estimate of drug-likeness (QED) is 0.727. The number of hydrogen-bond acceptors (Lipinski definition) is 5. The van der Waals surface area contributed by atoms with Gasteiger partial charge in [0, 0.05) is 19.0 Å². The molecule has 7 nitrogen and oxygen atoms in total. The van der Waals surface area contributed by atoms with Crippen molar-refractivity contribution in [2.24, 2.45) is 0 Å². The number of likely N-dealkylation sites (tertiary alicyclic amines) is 1. The molecule has 0 unspecified atom stereocenters. The Bertz CT molecular complexity index is 1080. The number of sulfonamides is 1. The lowest BCUT2D eigenvalue weighted by Gasteiger charge is -2.31. The number of carbonyl (C=O) groups is 1. The molecule has 0 spiro atoms. The molecule has 1 amide bonds. The molecule has 1 N–H and O–H groups in total. The van der Waals surface area contributed by atoms with Crippen LogP contribution in [0.2, 0.25) is 0 Å². The number of carbonyl (C=O) groups excluding carboxylic acids is 1. The van der Waals surface area contributed by atoms with E-state index in [1.165, 1.54) is 0 Å².